The predicted octanol–water partition coefficient (Wildman–Crippen LogP) is 22.9. The molecule has 0 radical (unpaired) electrons. The van der Waals surface area contributed by atoms with Crippen molar-refractivity contribution in [2.24, 2.45) is 0 Å². The Labute approximate surface area is 660 Å². The van der Waals surface area contributed by atoms with Gasteiger partial charge in [-0.2, -0.15) is 0 Å². The molecule has 0 aliphatic carbocycles. The second-order valence-electron chi connectivity index (χ2n) is 30.6. The fraction of sp³-hybridized carbons (Fsp3) is 0.941. The standard InChI is InChI=1S/C85H168N4O17P2/c1-7-13-19-25-29-33-35-39-41-47-53-59-81(90)88-77(75-99-69-65-79(57-51-45-23-17-11-5)105-83(92)61-55-49-43-37-31-27-21-15-9-3)63-71-101-107(95,96)103-73-67-86-85(94)87-68-74-104-108(97,98)102-72-64-78(89-82(91)60-54-48-42-40-36-34-30-26-20-14-8-2)76-100-70-66-80(58-52-46-24-18-12-6)106-84(93)62-56-50-44-38-32-28-22-16-10-4/h77-80H,7-76H2,1-6H3,(H,88,90)(H,89,91)(H,95,96)(H,97,98)(H2,86,87,94)/t77-,78-,79+,80+/m0/s1. The number of rotatable bonds is 86. The Morgan fingerprint density at radius 3 is 0.806 bits per heavy atom. The molecule has 0 aliphatic rings. The van der Waals surface area contributed by atoms with Gasteiger partial charge in [-0.25, -0.2) is 13.9 Å². The van der Waals surface area contributed by atoms with Crippen LogP contribution in [0.5, 0.6) is 0 Å². The SMILES string of the molecule is CCCCCCCCCCCCCC(=O)N[C@@H](CCOP(=O)(O)OCCNC(=O)NCCOP(=O)(O)OCC[C@@H](COCC[C@@H](CCCCCCC)OC(=O)CCCCCCCCCCC)NC(=O)CCCCCCCCCCCCC)COCC[C@@H](CCCCCCC)OC(=O)CCCCCCCCCCC. The minimum absolute atomic E-state index is 0.117. The van der Waals surface area contributed by atoms with Crippen molar-refractivity contribution in [1.82, 2.24) is 21.3 Å². The molecule has 640 valence electrons. The van der Waals surface area contributed by atoms with Gasteiger partial charge in [0.05, 0.1) is 64.9 Å². The maximum atomic E-state index is 13.3. The van der Waals surface area contributed by atoms with E-state index in [1.807, 2.05) is 0 Å². The number of urea groups is 1. The highest BCUT2D eigenvalue weighted by Crippen LogP contribution is 2.44. The third kappa shape index (κ3) is 75.9. The highest BCUT2D eigenvalue weighted by atomic mass is 31.2. The molecule has 21 nitrogen and oxygen atoms in total. The van der Waals surface area contributed by atoms with Gasteiger partial charge in [-0.1, -0.05) is 324 Å². The molecule has 6 atom stereocenters. The Bertz CT molecular complexity index is 2000. The first-order chi connectivity index (χ1) is 52.5. The zero-order chi connectivity index (χ0) is 79.2. The summed E-state index contributed by atoms with van der Waals surface area (Å²) in [6.07, 6.45) is 61.4. The van der Waals surface area contributed by atoms with Crippen LogP contribution < -0.4 is 21.3 Å². The molecule has 4 amide bonds. The third-order valence-electron chi connectivity index (χ3n) is 20.1. The molecule has 2 unspecified atom stereocenters. The van der Waals surface area contributed by atoms with Gasteiger partial charge in [0.2, 0.25) is 11.8 Å². The average Bonchev–Trinajstić information content (AvgIpc) is 0.927. The summed E-state index contributed by atoms with van der Waals surface area (Å²) in [6.45, 7) is 12.5. The zero-order valence-corrected chi connectivity index (χ0v) is 72.0. The number of unbranched alkanes of at least 4 members (excludes halogenated alkanes) is 44. The Balaban J connectivity index is 5.44. The largest absolute Gasteiger partial charge is 0.472 e. The molecule has 0 aliphatic heterocycles. The number of carbonyl (C=O) groups excluding carboxylic acids is 5. The number of phosphoric ester groups is 2. The lowest BCUT2D eigenvalue weighted by atomic mass is 10.1. The second-order valence-corrected chi connectivity index (χ2v) is 33.6. The molecule has 6 N–H and O–H groups in total. The van der Waals surface area contributed by atoms with Crippen LogP contribution in [-0.2, 0) is 65.4 Å². The van der Waals surface area contributed by atoms with E-state index in [-0.39, 0.29) is 102 Å². The van der Waals surface area contributed by atoms with E-state index in [0.29, 0.717) is 51.7 Å². The fourth-order valence-electron chi connectivity index (χ4n) is 13.3. The summed E-state index contributed by atoms with van der Waals surface area (Å²) < 4.78 is 71.4. The van der Waals surface area contributed by atoms with Gasteiger partial charge >= 0.3 is 33.6 Å². The molecule has 0 spiro atoms. The molecule has 0 saturated heterocycles. The van der Waals surface area contributed by atoms with Gasteiger partial charge in [0.1, 0.15) is 12.2 Å². The van der Waals surface area contributed by atoms with Crippen molar-refractivity contribution in [3.8, 4) is 0 Å². The third-order valence-corrected chi connectivity index (χ3v) is 22.1. The van der Waals surface area contributed by atoms with Crippen LogP contribution in [0.3, 0.4) is 0 Å². The number of hydrogen-bond donors (Lipinski definition) is 6. The van der Waals surface area contributed by atoms with Crippen LogP contribution in [0.25, 0.3) is 0 Å². The quantitative estimate of drug-likeness (QED) is 0.0187. The molecule has 0 aromatic heterocycles. The van der Waals surface area contributed by atoms with E-state index < -0.39 is 33.8 Å². The number of carbonyl (C=O) groups is 5. The van der Waals surface area contributed by atoms with Gasteiger partial charge in [0.25, 0.3) is 0 Å². The van der Waals surface area contributed by atoms with Crippen LogP contribution in [0.2, 0.25) is 0 Å². The van der Waals surface area contributed by atoms with E-state index in [1.165, 1.54) is 180 Å². The van der Waals surface area contributed by atoms with Gasteiger partial charge in [-0.3, -0.25) is 37.3 Å². The lowest BCUT2D eigenvalue weighted by Crippen LogP contribution is -2.39. The first kappa shape index (κ1) is 105. The average molecular weight is 1580 g/mol. The van der Waals surface area contributed by atoms with Crippen LogP contribution in [0.15, 0.2) is 0 Å². The Morgan fingerprint density at radius 2 is 0.528 bits per heavy atom. The number of ether oxygens (including phenoxy) is 4. The number of phosphoric acid groups is 2. The summed E-state index contributed by atoms with van der Waals surface area (Å²) >= 11 is 0. The van der Waals surface area contributed by atoms with E-state index >= 15 is 0 Å². The molecule has 0 saturated carbocycles. The normalized spacial score (nSPS) is 13.9. The van der Waals surface area contributed by atoms with Gasteiger partial charge in [0.15, 0.2) is 0 Å². The lowest BCUT2D eigenvalue weighted by Gasteiger charge is -2.22. The van der Waals surface area contributed by atoms with Crippen molar-refractivity contribution < 1.29 is 79.9 Å². The van der Waals surface area contributed by atoms with E-state index in [0.717, 1.165) is 154 Å². The van der Waals surface area contributed by atoms with Gasteiger partial charge in [-0.15, -0.1) is 0 Å². The van der Waals surface area contributed by atoms with Gasteiger partial charge in [0, 0.05) is 51.6 Å². The summed E-state index contributed by atoms with van der Waals surface area (Å²) in [5.74, 6) is -0.616. The minimum atomic E-state index is -4.60. The van der Waals surface area contributed by atoms with Crippen molar-refractivity contribution in [2.45, 2.75) is 451 Å². The molecule has 0 fully saturated rings. The fourth-order valence-corrected chi connectivity index (χ4v) is 14.8. The topological polar surface area (TPSA) is 282 Å². The van der Waals surface area contributed by atoms with Crippen molar-refractivity contribution in [1.29, 1.82) is 0 Å². The molecular formula is C85H168N4O17P2. The monoisotopic (exact) mass is 1580 g/mol. The smallest absolute Gasteiger partial charge is 0.462 e. The molecule has 23 heteroatoms. The molecule has 0 aromatic rings. The van der Waals surface area contributed by atoms with E-state index in [4.69, 9.17) is 37.0 Å². The van der Waals surface area contributed by atoms with Crippen LogP contribution in [0, 0.1) is 0 Å². The summed E-state index contributed by atoms with van der Waals surface area (Å²) in [6, 6.07) is -1.77. The summed E-state index contributed by atoms with van der Waals surface area (Å²) in [5.41, 5.74) is 0. The van der Waals surface area contributed by atoms with Crippen molar-refractivity contribution >= 4 is 45.4 Å². The minimum Gasteiger partial charge on any atom is -0.462 e. The van der Waals surface area contributed by atoms with Crippen LogP contribution in [0.1, 0.15) is 427 Å². The molecular weight excluding hydrogens is 1410 g/mol. The molecule has 0 bridgehead atoms. The Kier molecular flexibility index (Phi) is 77.5. The van der Waals surface area contributed by atoms with Crippen molar-refractivity contribution in [3.63, 3.8) is 0 Å². The van der Waals surface area contributed by atoms with Gasteiger partial charge < -0.3 is 50.0 Å². The van der Waals surface area contributed by atoms with Crippen LogP contribution >= 0.6 is 15.6 Å². The molecule has 108 heavy (non-hydrogen) atoms. The highest BCUT2D eigenvalue weighted by Gasteiger charge is 2.26. The number of amides is 4. The Morgan fingerprint density at radius 1 is 0.287 bits per heavy atom. The predicted molar refractivity (Wildman–Crippen MR) is 441 cm³/mol. The first-order valence-electron chi connectivity index (χ1n) is 44.9. The Hall–Kier alpha value is -2.71. The highest BCUT2D eigenvalue weighted by molar-refractivity contribution is 7.47. The van der Waals surface area contributed by atoms with Crippen LogP contribution in [0.4, 0.5) is 4.79 Å². The first-order valence-corrected chi connectivity index (χ1v) is 47.9. The van der Waals surface area contributed by atoms with E-state index in [1.54, 1.807) is 0 Å². The summed E-state index contributed by atoms with van der Waals surface area (Å²) in [4.78, 5) is 86.5. The molecule has 0 heterocycles. The second kappa shape index (κ2) is 79.5. The summed E-state index contributed by atoms with van der Waals surface area (Å²) in [7, 11) is -9.20. The summed E-state index contributed by atoms with van der Waals surface area (Å²) in [5, 5.41) is 11.1. The number of esters is 2. The number of nitrogens with one attached hydrogen (secondary N) is 4. The van der Waals surface area contributed by atoms with Gasteiger partial charge in [-0.05, 0) is 64.2 Å². The van der Waals surface area contributed by atoms with Crippen LogP contribution in [-0.4, -0.2) is 130 Å². The lowest BCUT2D eigenvalue weighted by molar-refractivity contribution is -0.151. The van der Waals surface area contributed by atoms with E-state index in [9.17, 15) is 42.9 Å². The van der Waals surface area contributed by atoms with Crippen molar-refractivity contribution in [2.75, 3.05) is 65.9 Å². The maximum absolute atomic E-state index is 13.3. The van der Waals surface area contributed by atoms with E-state index in [2.05, 4.69) is 62.8 Å². The molecule has 0 aromatic carbocycles. The molecule has 0 rings (SSSR count). The van der Waals surface area contributed by atoms with Crippen molar-refractivity contribution in [3.05, 3.63) is 0 Å². The number of hydrogen-bond acceptors (Lipinski definition) is 15. The maximum Gasteiger partial charge on any atom is 0.472 e. The zero-order valence-electron chi connectivity index (χ0n) is 70.2.